The Kier molecular flexibility index (Phi) is 7.86. The minimum Gasteiger partial charge on any atom is -0.483 e. The van der Waals surface area contributed by atoms with Gasteiger partial charge in [-0.05, 0) is 74.1 Å². The monoisotopic (exact) mass is 585 g/mol. The lowest BCUT2D eigenvalue weighted by atomic mass is 9.66. The van der Waals surface area contributed by atoms with Crippen molar-refractivity contribution in [2.45, 2.75) is 64.0 Å². The minimum atomic E-state index is -0.774. The number of hydrogen-bond acceptors (Lipinski definition) is 5. The van der Waals surface area contributed by atoms with Gasteiger partial charge in [0.2, 0.25) is 0 Å². The molecule has 42 heavy (non-hydrogen) atoms. The summed E-state index contributed by atoms with van der Waals surface area (Å²) in [6, 6.07) is 20.9. The highest BCUT2D eigenvalue weighted by atomic mass is 35.5. The smallest absolute Gasteiger partial charge is 0.340 e. The second-order valence-corrected chi connectivity index (χ2v) is 12.2. The molecule has 6 nitrogen and oxygen atoms in total. The number of hydrogen-bond donors (Lipinski definition) is 1. The van der Waals surface area contributed by atoms with Crippen molar-refractivity contribution < 1.29 is 19.1 Å². The van der Waals surface area contributed by atoms with Crippen molar-refractivity contribution in [3.8, 4) is 5.75 Å². The summed E-state index contributed by atoms with van der Waals surface area (Å²) in [5.74, 6) is 0.316. The highest BCUT2D eigenvalue weighted by molar-refractivity contribution is 6.30. The lowest BCUT2D eigenvalue weighted by Crippen LogP contribution is -2.56. The summed E-state index contributed by atoms with van der Waals surface area (Å²) >= 11 is 6.18. The summed E-state index contributed by atoms with van der Waals surface area (Å²) in [5.41, 5.74) is 3.56. The number of likely N-dealkylation sites (tertiary alicyclic amines) is 1. The zero-order valence-electron chi connectivity index (χ0n) is 24.1. The number of halogens is 1. The number of rotatable bonds is 6. The normalized spacial score (nSPS) is 22.1. The molecule has 1 aliphatic heterocycles. The molecule has 3 atom stereocenters. The van der Waals surface area contributed by atoms with Gasteiger partial charge in [0.1, 0.15) is 11.3 Å². The zero-order chi connectivity index (χ0) is 29.4. The summed E-state index contributed by atoms with van der Waals surface area (Å²) < 4.78 is 11.9. The Labute approximate surface area is 250 Å². The van der Waals surface area contributed by atoms with Crippen molar-refractivity contribution in [2.24, 2.45) is 5.92 Å². The largest absolute Gasteiger partial charge is 0.483 e. The van der Waals surface area contributed by atoms with Gasteiger partial charge in [-0.1, -0.05) is 66.9 Å². The molecule has 7 heteroatoms. The van der Waals surface area contributed by atoms with Crippen molar-refractivity contribution >= 4 is 28.5 Å². The molecule has 1 amide bonds. The standard InChI is InChI=1S/C35H36ClNO5/c1-22-27-15-16-30(23(2)33(27)42-34(39)28(22)20-24-8-4-3-5-9-24)41-21-31(38)37-19-18-35(40)17-7-6-10-29(35)32(37)25-11-13-26(36)14-12-25/h3-5,8-9,11-16,29,32,40H,6-7,10,17-21H2,1-2H3/t29-,32-,35-/m1/s1. The van der Waals surface area contributed by atoms with Gasteiger partial charge in [0, 0.05) is 40.4 Å². The second kappa shape index (κ2) is 11.6. The van der Waals surface area contributed by atoms with Crippen LogP contribution in [0.15, 0.2) is 75.9 Å². The van der Waals surface area contributed by atoms with E-state index in [9.17, 15) is 14.7 Å². The van der Waals surface area contributed by atoms with E-state index in [0.29, 0.717) is 46.9 Å². The summed E-state index contributed by atoms with van der Waals surface area (Å²) in [6.07, 6.45) is 4.71. The van der Waals surface area contributed by atoms with E-state index in [-0.39, 0.29) is 30.1 Å². The predicted octanol–water partition coefficient (Wildman–Crippen LogP) is 6.93. The Hall–Kier alpha value is -3.61. The third kappa shape index (κ3) is 5.34. The molecule has 1 saturated heterocycles. The molecule has 3 aromatic carbocycles. The number of benzene rings is 3. The zero-order valence-corrected chi connectivity index (χ0v) is 24.8. The topological polar surface area (TPSA) is 80.0 Å². The Morgan fingerprint density at radius 1 is 1.02 bits per heavy atom. The maximum absolute atomic E-state index is 13.7. The van der Waals surface area contributed by atoms with Crippen LogP contribution in [-0.4, -0.2) is 34.7 Å². The van der Waals surface area contributed by atoms with Gasteiger partial charge < -0.3 is 19.2 Å². The van der Waals surface area contributed by atoms with Crippen molar-refractivity contribution in [2.75, 3.05) is 13.2 Å². The molecule has 0 spiro atoms. The Balaban J connectivity index is 1.25. The van der Waals surface area contributed by atoms with Crippen LogP contribution in [0, 0.1) is 19.8 Å². The maximum Gasteiger partial charge on any atom is 0.340 e. The van der Waals surface area contributed by atoms with Crippen molar-refractivity contribution in [3.63, 3.8) is 0 Å². The van der Waals surface area contributed by atoms with E-state index in [1.807, 2.05) is 85.5 Å². The highest BCUT2D eigenvalue weighted by Crippen LogP contribution is 2.49. The first-order valence-electron chi connectivity index (χ1n) is 14.7. The summed E-state index contributed by atoms with van der Waals surface area (Å²) in [7, 11) is 0. The van der Waals surface area contributed by atoms with Crippen LogP contribution >= 0.6 is 11.6 Å². The van der Waals surface area contributed by atoms with Crippen molar-refractivity contribution in [3.05, 3.63) is 110 Å². The van der Waals surface area contributed by atoms with E-state index in [2.05, 4.69) is 0 Å². The maximum atomic E-state index is 13.7. The quantitative estimate of drug-likeness (QED) is 0.248. The molecule has 1 aromatic heterocycles. The molecule has 0 radical (unpaired) electrons. The second-order valence-electron chi connectivity index (χ2n) is 11.8. The van der Waals surface area contributed by atoms with E-state index in [0.717, 1.165) is 47.8 Å². The van der Waals surface area contributed by atoms with Gasteiger partial charge in [-0.25, -0.2) is 4.79 Å². The van der Waals surface area contributed by atoms with Crippen LogP contribution in [0.1, 0.15) is 66.0 Å². The molecule has 2 heterocycles. The molecule has 2 aliphatic rings. The van der Waals surface area contributed by atoms with Gasteiger partial charge in [0.05, 0.1) is 11.6 Å². The van der Waals surface area contributed by atoms with E-state index >= 15 is 0 Å². The Bertz CT molecular complexity index is 1670. The van der Waals surface area contributed by atoms with E-state index < -0.39 is 5.60 Å². The number of fused-ring (bicyclic) bond motifs is 2. The number of carbonyl (C=O) groups excluding carboxylic acids is 1. The van der Waals surface area contributed by atoms with E-state index in [4.69, 9.17) is 20.8 Å². The predicted molar refractivity (Wildman–Crippen MR) is 164 cm³/mol. The molecular formula is C35H36ClNO5. The summed E-state index contributed by atoms with van der Waals surface area (Å²) in [5, 5.41) is 13.0. The molecule has 0 bridgehead atoms. The average molecular weight is 586 g/mol. The highest BCUT2D eigenvalue weighted by Gasteiger charge is 2.50. The van der Waals surface area contributed by atoms with Crippen LogP contribution in [0.2, 0.25) is 5.02 Å². The van der Waals surface area contributed by atoms with Crippen LogP contribution in [0.4, 0.5) is 0 Å². The van der Waals surface area contributed by atoms with Gasteiger partial charge in [-0.2, -0.15) is 0 Å². The van der Waals surface area contributed by atoms with Gasteiger partial charge in [-0.3, -0.25) is 4.79 Å². The lowest BCUT2D eigenvalue weighted by Gasteiger charge is -2.52. The summed E-state index contributed by atoms with van der Waals surface area (Å²) in [6.45, 7) is 4.09. The van der Waals surface area contributed by atoms with Crippen molar-refractivity contribution in [1.82, 2.24) is 4.90 Å². The molecule has 0 unspecified atom stereocenters. The number of aryl methyl sites for hydroxylation is 2. The van der Waals surface area contributed by atoms with Crippen LogP contribution in [0.5, 0.6) is 5.75 Å². The molecule has 1 aliphatic carbocycles. The van der Waals surface area contributed by atoms with Crippen molar-refractivity contribution in [1.29, 1.82) is 0 Å². The minimum absolute atomic E-state index is 0.0464. The fourth-order valence-corrected chi connectivity index (χ4v) is 7.11. The van der Waals surface area contributed by atoms with Gasteiger partial charge in [-0.15, -0.1) is 0 Å². The number of ether oxygens (including phenoxy) is 1. The molecular weight excluding hydrogens is 550 g/mol. The number of carbonyl (C=O) groups is 1. The first kappa shape index (κ1) is 28.5. The van der Waals surface area contributed by atoms with E-state index in [1.165, 1.54) is 0 Å². The molecule has 6 rings (SSSR count). The van der Waals surface area contributed by atoms with Crippen LogP contribution < -0.4 is 10.4 Å². The lowest BCUT2D eigenvalue weighted by molar-refractivity contribution is -0.157. The molecule has 1 saturated carbocycles. The SMILES string of the molecule is Cc1c(Cc2ccccc2)c(=O)oc2c(C)c(OCC(=O)N3CC[C@]4(O)CCCC[C@@H]4[C@H]3c3ccc(Cl)cc3)ccc12. The van der Waals surface area contributed by atoms with Gasteiger partial charge in [0.25, 0.3) is 5.91 Å². The third-order valence-electron chi connectivity index (χ3n) is 9.33. The Morgan fingerprint density at radius 3 is 2.55 bits per heavy atom. The van der Waals surface area contributed by atoms with Gasteiger partial charge >= 0.3 is 5.63 Å². The first-order chi connectivity index (χ1) is 20.2. The Morgan fingerprint density at radius 2 is 1.79 bits per heavy atom. The first-order valence-corrected chi connectivity index (χ1v) is 15.1. The average Bonchev–Trinajstić information content (AvgIpc) is 2.99. The van der Waals surface area contributed by atoms with Crippen LogP contribution in [0.25, 0.3) is 11.0 Å². The van der Waals surface area contributed by atoms with E-state index in [1.54, 1.807) is 0 Å². The summed E-state index contributed by atoms with van der Waals surface area (Å²) in [4.78, 5) is 28.6. The molecule has 4 aromatic rings. The molecule has 1 N–H and O–H groups in total. The van der Waals surface area contributed by atoms with Crippen LogP contribution in [-0.2, 0) is 11.2 Å². The fraction of sp³-hybridized carbons (Fsp3) is 0.371. The molecule has 2 fully saturated rings. The van der Waals surface area contributed by atoms with Crippen LogP contribution in [0.3, 0.4) is 0 Å². The fourth-order valence-electron chi connectivity index (χ4n) is 6.99. The number of piperidine rings is 1. The third-order valence-corrected chi connectivity index (χ3v) is 9.58. The molecule has 218 valence electrons. The number of nitrogens with zero attached hydrogens (tertiary/aromatic N) is 1. The number of aliphatic hydroxyl groups is 1. The van der Waals surface area contributed by atoms with Gasteiger partial charge in [0.15, 0.2) is 6.61 Å². The number of amides is 1.